The Balaban J connectivity index is 1.77. The summed E-state index contributed by atoms with van der Waals surface area (Å²) in [6, 6.07) is 6.25. The third kappa shape index (κ3) is 4.23. The fraction of sp³-hybridized carbons (Fsp3) is 0.467. The van der Waals surface area contributed by atoms with Crippen molar-refractivity contribution in [3.63, 3.8) is 0 Å². The Kier molecular flexibility index (Phi) is 5.41. The highest BCUT2D eigenvalue weighted by Gasteiger charge is 2.02. The van der Waals surface area contributed by atoms with Gasteiger partial charge in [0.2, 0.25) is 0 Å². The molecular weight excluding hydrogens is 274 g/mol. The van der Waals surface area contributed by atoms with Gasteiger partial charge in [-0.3, -0.25) is 4.68 Å². The van der Waals surface area contributed by atoms with Gasteiger partial charge in [0.25, 0.3) is 0 Å². The minimum absolute atomic E-state index is 0.578. The van der Waals surface area contributed by atoms with Crippen LogP contribution in [0.3, 0.4) is 0 Å². The van der Waals surface area contributed by atoms with Crippen molar-refractivity contribution in [1.82, 2.24) is 15.0 Å². The number of aryl methyl sites for hydroxylation is 4. The molecule has 0 saturated heterocycles. The predicted molar refractivity (Wildman–Crippen MR) is 80.5 cm³/mol. The maximum Gasteiger partial charge on any atom is 0.122 e. The number of ether oxygens (including phenoxy) is 1. The molecule has 2 rings (SSSR count). The SMILES string of the molecule is Cc1ccc(C)c(OCCCn2cc(CCCl)nn2)c1. The third-order valence-electron chi connectivity index (χ3n) is 3.07. The second kappa shape index (κ2) is 7.29. The number of alkyl halides is 1. The fourth-order valence-corrected chi connectivity index (χ4v) is 2.12. The molecule has 0 radical (unpaired) electrons. The number of halogens is 1. The molecule has 0 bridgehead atoms. The summed E-state index contributed by atoms with van der Waals surface area (Å²) in [5.74, 6) is 1.54. The van der Waals surface area contributed by atoms with Crippen LogP contribution in [0.2, 0.25) is 0 Å². The van der Waals surface area contributed by atoms with Gasteiger partial charge in [-0.05, 0) is 31.0 Å². The molecule has 0 amide bonds. The average molecular weight is 294 g/mol. The maximum atomic E-state index is 5.81. The molecule has 0 fully saturated rings. The van der Waals surface area contributed by atoms with Gasteiger partial charge in [-0.25, -0.2) is 0 Å². The average Bonchev–Trinajstić information content (AvgIpc) is 2.87. The van der Waals surface area contributed by atoms with Crippen molar-refractivity contribution in [2.24, 2.45) is 0 Å². The standard InChI is InChI=1S/C15H20ClN3O/c1-12-4-5-13(2)15(10-12)20-9-3-8-19-11-14(6-7-16)17-18-19/h4-5,10-11H,3,6-9H2,1-2H3. The van der Waals surface area contributed by atoms with E-state index in [0.717, 1.165) is 30.8 Å². The summed E-state index contributed by atoms with van der Waals surface area (Å²) in [6.07, 6.45) is 3.61. The van der Waals surface area contributed by atoms with E-state index in [0.29, 0.717) is 12.5 Å². The molecule has 0 aliphatic rings. The lowest BCUT2D eigenvalue weighted by Gasteiger charge is -2.09. The molecule has 0 saturated carbocycles. The topological polar surface area (TPSA) is 39.9 Å². The van der Waals surface area contributed by atoms with Crippen LogP contribution in [0.1, 0.15) is 23.2 Å². The summed E-state index contributed by atoms with van der Waals surface area (Å²) < 4.78 is 7.65. The molecule has 1 aromatic carbocycles. The molecule has 0 spiro atoms. The monoisotopic (exact) mass is 293 g/mol. The highest BCUT2D eigenvalue weighted by Crippen LogP contribution is 2.19. The Hall–Kier alpha value is -1.55. The van der Waals surface area contributed by atoms with Crippen molar-refractivity contribution in [1.29, 1.82) is 0 Å². The Morgan fingerprint density at radius 3 is 2.95 bits per heavy atom. The summed E-state index contributed by atoms with van der Waals surface area (Å²) in [5, 5.41) is 8.12. The number of hydrogen-bond donors (Lipinski definition) is 0. The van der Waals surface area contributed by atoms with E-state index < -0.39 is 0 Å². The normalized spacial score (nSPS) is 10.8. The van der Waals surface area contributed by atoms with E-state index in [2.05, 4.69) is 42.4 Å². The number of benzene rings is 1. The van der Waals surface area contributed by atoms with Gasteiger partial charge in [0, 0.05) is 31.5 Å². The fourth-order valence-electron chi connectivity index (χ4n) is 1.93. The smallest absolute Gasteiger partial charge is 0.122 e. The molecule has 5 heteroatoms. The first-order valence-corrected chi connectivity index (χ1v) is 7.37. The molecule has 20 heavy (non-hydrogen) atoms. The minimum Gasteiger partial charge on any atom is -0.493 e. The molecule has 0 unspecified atom stereocenters. The molecular formula is C15H20ClN3O. The number of nitrogens with zero attached hydrogens (tertiary/aromatic N) is 3. The second-order valence-corrected chi connectivity index (χ2v) is 5.26. The molecule has 4 nitrogen and oxygen atoms in total. The predicted octanol–water partition coefficient (Wildman–Crippen LogP) is 3.15. The second-order valence-electron chi connectivity index (χ2n) is 4.88. The molecule has 0 aliphatic carbocycles. The van der Waals surface area contributed by atoms with E-state index in [4.69, 9.17) is 16.3 Å². The van der Waals surface area contributed by atoms with Crippen LogP contribution < -0.4 is 4.74 Å². The zero-order valence-corrected chi connectivity index (χ0v) is 12.7. The van der Waals surface area contributed by atoms with Crippen LogP contribution in [0.4, 0.5) is 0 Å². The summed E-state index contributed by atoms with van der Waals surface area (Å²) in [7, 11) is 0. The van der Waals surface area contributed by atoms with Gasteiger partial charge in [-0.15, -0.1) is 16.7 Å². The first kappa shape index (κ1) is 14.9. The molecule has 1 heterocycles. The lowest BCUT2D eigenvalue weighted by atomic mass is 10.1. The summed E-state index contributed by atoms with van der Waals surface area (Å²) in [5.41, 5.74) is 3.32. The lowest BCUT2D eigenvalue weighted by molar-refractivity contribution is 0.296. The van der Waals surface area contributed by atoms with Crippen molar-refractivity contribution in [3.05, 3.63) is 41.2 Å². The van der Waals surface area contributed by atoms with Crippen molar-refractivity contribution in [3.8, 4) is 5.75 Å². The largest absolute Gasteiger partial charge is 0.493 e. The van der Waals surface area contributed by atoms with Crippen molar-refractivity contribution in [2.75, 3.05) is 12.5 Å². The third-order valence-corrected chi connectivity index (χ3v) is 3.26. The van der Waals surface area contributed by atoms with Crippen LogP contribution in [0, 0.1) is 13.8 Å². The number of hydrogen-bond acceptors (Lipinski definition) is 3. The van der Waals surface area contributed by atoms with Crippen molar-refractivity contribution < 1.29 is 4.74 Å². The van der Waals surface area contributed by atoms with E-state index in [9.17, 15) is 0 Å². The van der Waals surface area contributed by atoms with E-state index in [1.807, 2.05) is 10.9 Å². The summed E-state index contributed by atoms with van der Waals surface area (Å²) >= 11 is 5.67. The van der Waals surface area contributed by atoms with E-state index in [1.54, 1.807) is 0 Å². The van der Waals surface area contributed by atoms with Crippen LogP contribution in [0.15, 0.2) is 24.4 Å². The van der Waals surface area contributed by atoms with Gasteiger partial charge in [0.05, 0.1) is 12.3 Å². The minimum atomic E-state index is 0.578. The van der Waals surface area contributed by atoms with Crippen LogP contribution >= 0.6 is 11.6 Å². The van der Waals surface area contributed by atoms with Gasteiger partial charge in [0.1, 0.15) is 5.75 Å². The molecule has 0 atom stereocenters. The Morgan fingerprint density at radius 1 is 1.30 bits per heavy atom. The summed E-state index contributed by atoms with van der Waals surface area (Å²) in [4.78, 5) is 0. The molecule has 108 valence electrons. The lowest BCUT2D eigenvalue weighted by Crippen LogP contribution is -2.05. The van der Waals surface area contributed by atoms with E-state index >= 15 is 0 Å². The molecule has 2 aromatic rings. The summed E-state index contributed by atoms with van der Waals surface area (Å²) in [6.45, 7) is 5.61. The van der Waals surface area contributed by atoms with Gasteiger partial charge >= 0.3 is 0 Å². The first-order valence-electron chi connectivity index (χ1n) is 6.84. The Bertz CT molecular complexity index is 554. The first-order chi connectivity index (χ1) is 9.69. The zero-order chi connectivity index (χ0) is 14.4. The van der Waals surface area contributed by atoms with Gasteiger partial charge in [-0.2, -0.15) is 0 Å². The Labute approximate surface area is 124 Å². The van der Waals surface area contributed by atoms with Crippen molar-refractivity contribution in [2.45, 2.75) is 33.2 Å². The number of aromatic nitrogens is 3. The van der Waals surface area contributed by atoms with Crippen LogP contribution in [-0.4, -0.2) is 27.5 Å². The van der Waals surface area contributed by atoms with Crippen LogP contribution in [-0.2, 0) is 13.0 Å². The zero-order valence-electron chi connectivity index (χ0n) is 12.0. The quantitative estimate of drug-likeness (QED) is 0.581. The number of rotatable bonds is 7. The van der Waals surface area contributed by atoms with Gasteiger partial charge < -0.3 is 4.74 Å². The van der Waals surface area contributed by atoms with E-state index in [1.165, 1.54) is 11.1 Å². The van der Waals surface area contributed by atoms with Gasteiger partial charge in [-0.1, -0.05) is 17.3 Å². The van der Waals surface area contributed by atoms with Crippen LogP contribution in [0.25, 0.3) is 0 Å². The molecule has 0 aliphatic heterocycles. The molecule has 0 N–H and O–H groups in total. The van der Waals surface area contributed by atoms with E-state index in [-0.39, 0.29) is 0 Å². The van der Waals surface area contributed by atoms with Crippen LogP contribution in [0.5, 0.6) is 5.75 Å². The highest BCUT2D eigenvalue weighted by molar-refractivity contribution is 6.17. The Morgan fingerprint density at radius 2 is 2.15 bits per heavy atom. The highest BCUT2D eigenvalue weighted by atomic mass is 35.5. The maximum absolute atomic E-state index is 5.81. The van der Waals surface area contributed by atoms with Crippen molar-refractivity contribution >= 4 is 11.6 Å². The molecule has 1 aromatic heterocycles. The van der Waals surface area contributed by atoms with Gasteiger partial charge in [0.15, 0.2) is 0 Å².